The normalized spacial score (nSPS) is 22.4. The molecule has 1 amide bonds. The van der Waals surface area contributed by atoms with Crippen LogP contribution < -0.4 is 0 Å². The summed E-state index contributed by atoms with van der Waals surface area (Å²) in [5.41, 5.74) is 0.249. The molecule has 0 bridgehead atoms. The maximum Gasteiger partial charge on any atom is 0.253 e. The van der Waals surface area contributed by atoms with Crippen LogP contribution in [0.5, 0.6) is 0 Å². The summed E-state index contributed by atoms with van der Waals surface area (Å²) < 4.78 is 41.3. The molecular weight excluding hydrogens is 355 g/mol. The van der Waals surface area contributed by atoms with E-state index in [9.17, 15) is 17.6 Å². The number of benzene rings is 1. The lowest BCUT2D eigenvalue weighted by Gasteiger charge is -2.32. The summed E-state index contributed by atoms with van der Waals surface area (Å²) in [6.45, 7) is 4.27. The summed E-state index contributed by atoms with van der Waals surface area (Å²) in [4.78, 5) is 14.2. The lowest BCUT2D eigenvalue weighted by Crippen LogP contribution is -2.40. The highest BCUT2D eigenvalue weighted by Gasteiger charge is 2.30. The van der Waals surface area contributed by atoms with E-state index in [4.69, 9.17) is 0 Å². The molecule has 2 heterocycles. The first-order valence-electron chi connectivity index (χ1n) is 9.52. The second-order valence-electron chi connectivity index (χ2n) is 7.28. The van der Waals surface area contributed by atoms with Crippen molar-refractivity contribution in [1.29, 1.82) is 0 Å². The number of carbonyl (C=O) groups excluding carboxylic acids is 1. The van der Waals surface area contributed by atoms with Crippen molar-refractivity contribution in [2.75, 3.05) is 26.2 Å². The van der Waals surface area contributed by atoms with E-state index >= 15 is 0 Å². The van der Waals surface area contributed by atoms with Crippen molar-refractivity contribution in [3.8, 4) is 0 Å². The average molecular weight is 383 g/mol. The average Bonchev–Trinajstić information content (AvgIpc) is 2.68. The smallest absolute Gasteiger partial charge is 0.253 e. The van der Waals surface area contributed by atoms with Gasteiger partial charge in [-0.15, -0.1) is 0 Å². The molecule has 0 aromatic heterocycles. The molecule has 144 valence electrons. The number of rotatable bonds is 4. The predicted molar refractivity (Wildman–Crippen MR) is 97.9 cm³/mol. The van der Waals surface area contributed by atoms with Gasteiger partial charge in [-0.2, -0.15) is 4.31 Å². The molecule has 1 aromatic rings. The van der Waals surface area contributed by atoms with Crippen LogP contribution >= 0.6 is 0 Å². The summed E-state index contributed by atoms with van der Waals surface area (Å²) in [5.74, 6) is -0.528. The van der Waals surface area contributed by atoms with Crippen LogP contribution in [0.3, 0.4) is 0 Å². The standard InChI is InChI=1S/C19H27FN2O3S/c1-2-15-7-6-10-21(14-15)19(23)16-8-9-17(20)18(13-16)26(24,25)22-11-4-3-5-12-22/h8-9,13,15H,2-7,10-12,14H2,1H3. The van der Waals surface area contributed by atoms with Gasteiger partial charge in [0.05, 0.1) is 0 Å². The van der Waals surface area contributed by atoms with Crippen LogP contribution in [0.4, 0.5) is 4.39 Å². The molecule has 2 saturated heterocycles. The van der Waals surface area contributed by atoms with Crippen LogP contribution in [0.15, 0.2) is 23.1 Å². The van der Waals surface area contributed by atoms with Crippen molar-refractivity contribution >= 4 is 15.9 Å². The quantitative estimate of drug-likeness (QED) is 0.803. The van der Waals surface area contributed by atoms with Gasteiger partial charge in [0.1, 0.15) is 10.7 Å². The third-order valence-corrected chi connectivity index (χ3v) is 7.41. The van der Waals surface area contributed by atoms with Crippen LogP contribution in [0.1, 0.15) is 55.8 Å². The Kier molecular flexibility index (Phi) is 5.97. The summed E-state index contributed by atoms with van der Waals surface area (Å²) in [6.07, 6.45) is 5.63. The van der Waals surface area contributed by atoms with Gasteiger partial charge in [0.15, 0.2) is 0 Å². The molecule has 0 spiro atoms. The first-order valence-corrected chi connectivity index (χ1v) is 11.0. The Morgan fingerprint density at radius 3 is 2.58 bits per heavy atom. The van der Waals surface area contributed by atoms with Crippen molar-refractivity contribution in [2.45, 2.75) is 50.3 Å². The maximum atomic E-state index is 14.3. The van der Waals surface area contributed by atoms with Crippen LogP contribution in [0.25, 0.3) is 0 Å². The molecule has 3 rings (SSSR count). The largest absolute Gasteiger partial charge is 0.338 e. The number of likely N-dealkylation sites (tertiary alicyclic amines) is 1. The number of hydrogen-bond acceptors (Lipinski definition) is 3. The Hall–Kier alpha value is -1.47. The van der Waals surface area contributed by atoms with Crippen LogP contribution in [0, 0.1) is 11.7 Å². The number of piperidine rings is 2. The van der Waals surface area contributed by atoms with Crippen LogP contribution in [-0.4, -0.2) is 49.7 Å². The van der Waals surface area contributed by atoms with Crippen LogP contribution in [0.2, 0.25) is 0 Å². The summed E-state index contributed by atoms with van der Waals surface area (Å²) >= 11 is 0. The molecule has 0 N–H and O–H groups in total. The topological polar surface area (TPSA) is 57.7 Å². The second-order valence-corrected chi connectivity index (χ2v) is 9.18. The Morgan fingerprint density at radius 1 is 1.15 bits per heavy atom. The van der Waals surface area contributed by atoms with Gasteiger partial charge in [-0.25, -0.2) is 12.8 Å². The van der Waals surface area contributed by atoms with Gasteiger partial charge in [-0.3, -0.25) is 4.79 Å². The Bertz CT molecular complexity index is 760. The first-order chi connectivity index (χ1) is 12.4. The molecule has 0 saturated carbocycles. The number of sulfonamides is 1. The Balaban J connectivity index is 1.86. The van der Waals surface area contributed by atoms with Crippen molar-refractivity contribution in [1.82, 2.24) is 9.21 Å². The van der Waals surface area contributed by atoms with Gasteiger partial charge in [-0.05, 0) is 49.8 Å². The maximum absolute atomic E-state index is 14.3. The number of amides is 1. The van der Waals surface area contributed by atoms with E-state index in [1.807, 2.05) is 0 Å². The van der Waals surface area contributed by atoms with Gasteiger partial charge < -0.3 is 4.90 Å². The lowest BCUT2D eigenvalue weighted by atomic mass is 9.95. The third-order valence-electron chi connectivity index (χ3n) is 5.49. The number of nitrogens with zero attached hydrogens (tertiary/aromatic N) is 2. The minimum atomic E-state index is -3.91. The van der Waals surface area contributed by atoms with Gasteiger partial charge >= 0.3 is 0 Å². The second kappa shape index (κ2) is 8.05. The lowest BCUT2D eigenvalue weighted by molar-refractivity contribution is 0.0671. The molecule has 2 aliphatic heterocycles. The highest BCUT2D eigenvalue weighted by atomic mass is 32.2. The van der Waals surface area contributed by atoms with Gasteiger partial charge in [0.2, 0.25) is 10.0 Å². The zero-order valence-electron chi connectivity index (χ0n) is 15.3. The Labute approximate surface area is 155 Å². The third kappa shape index (κ3) is 3.93. The minimum Gasteiger partial charge on any atom is -0.338 e. The monoisotopic (exact) mass is 382 g/mol. The van der Waals surface area contributed by atoms with E-state index < -0.39 is 15.8 Å². The molecule has 1 aromatic carbocycles. The van der Waals surface area contributed by atoms with E-state index in [0.29, 0.717) is 32.1 Å². The fourth-order valence-corrected chi connectivity index (χ4v) is 5.45. The van der Waals surface area contributed by atoms with Crippen LogP contribution in [-0.2, 0) is 10.0 Å². The van der Waals surface area contributed by atoms with E-state index in [-0.39, 0.29) is 16.4 Å². The molecule has 7 heteroatoms. The zero-order valence-corrected chi connectivity index (χ0v) is 16.1. The number of hydrogen-bond donors (Lipinski definition) is 0. The fourth-order valence-electron chi connectivity index (χ4n) is 3.84. The molecule has 26 heavy (non-hydrogen) atoms. The van der Waals surface area contributed by atoms with Crippen molar-refractivity contribution in [3.05, 3.63) is 29.6 Å². The molecule has 2 fully saturated rings. The van der Waals surface area contributed by atoms with E-state index in [2.05, 4.69) is 6.92 Å². The Morgan fingerprint density at radius 2 is 1.88 bits per heavy atom. The van der Waals surface area contributed by atoms with Crippen molar-refractivity contribution in [2.24, 2.45) is 5.92 Å². The van der Waals surface area contributed by atoms with Crippen molar-refractivity contribution < 1.29 is 17.6 Å². The predicted octanol–water partition coefficient (Wildman–Crippen LogP) is 3.26. The molecule has 5 nitrogen and oxygen atoms in total. The molecule has 0 radical (unpaired) electrons. The fraction of sp³-hybridized carbons (Fsp3) is 0.632. The van der Waals surface area contributed by atoms with Gasteiger partial charge in [0.25, 0.3) is 5.91 Å². The highest BCUT2D eigenvalue weighted by molar-refractivity contribution is 7.89. The molecule has 1 atom stereocenters. The SMILES string of the molecule is CCC1CCCN(C(=O)c2ccc(F)c(S(=O)(=O)N3CCCCC3)c2)C1. The van der Waals surface area contributed by atoms with Gasteiger partial charge in [-0.1, -0.05) is 19.8 Å². The summed E-state index contributed by atoms with van der Waals surface area (Å²) in [7, 11) is -3.91. The highest BCUT2D eigenvalue weighted by Crippen LogP contribution is 2.26. The van der Waals surface area contributed by atoms with E-state index in [1.54, 1.807) is 4.90 Å². The number of halogens is 1. The number of carbonyl (C=O) groups is 1. The first kappa shape index (κ1) is 19.3. The molecular formula is C19H27FN2O3S. The molecule has 2 aliphatic rings. The van der Waals surface area contributed by atoms with Crippen molar-refractivity contribution in [3.63, 3.8) is 0 Å². The minimum absolute atomic E-state index is 0.210. The summed E-state index contributed by atoms with van der Waals surface area (Å²) in [6, 6.07) is 3.71. The molecule has 0 aliphatic carbocycles. The van der Waals surface area contributed by atoms with E-state index in [0.717, 1.165) is 44.6 Å². The molecule has 1 unspecified atom stereocenters. The zero-order chi connectivity index (χ0) is 18.7. The van der Waals surface area contributed by atoms with Gasteiger partial charge in [0, 0.05) is 31.7 Å². The van der Waals surface area contributed by atoms with E-state index in [1.165, 1.54) is 16.4 Å². The summed E-state index contributed by atoms with van der Waals surface area (Å²) in [5, 5.41) is 0.